The normalized spacial score (nSPS) is 10.2. The minimum Gasteiger partial charge on any atom is -0.497 e. The molecule has 0 radical (unpaired) electrons. The number of nitrogens with zero attached hydrogens (tertiary/aromatic N) is 1. The van der Waals surface area contributed by atoms with Crippen molar-refractivity contribution in [2.75, 3.05) is 7.11 Å². The summed E-state index contributed by atoms with van der Waals surface area (Å²) in [6.07, 6.45) is 1.80. The van der Waals surface area contributed by atoms with Gasteiger partial charge in [0.25, 0.3) is 0 Å². The topological polar surface area (TPSA) is 31.2 Å². The third-order valence-corrected chi connectivity index (χ3v) is 2.83. The highest BCUT2D eigenvalue weighted by Gasteiger charge is 1.99. The first-order chi connectivity index (χ1) is 7.29. The molecule has 3 nitrogen and oxygen atoms in total. The third-order valence-electron chi connectivity index (χ3n) is 2.13. The zero-order chi connectivity index (χ0) is 10.7. The van der Waals surface area contributed by atoms with E-state index in [1.807, 2.05) is 24.3 Å². The van der Waals surface area contributed by atoms with E-state index in [0.717, 1.165) is 11.3 Å². The quantitative estimate of drug-likeness (QED) is 0.793. The molecular weight excluding hydrogens is 210 g/mol. The summed E-state index contributed by atoms with van der Waals surface area (Å²) in [4.78, 5) is 11.4. The molecule has 4 heteroatoms. The molecule has 0 unspecified atom stereocenters. The van der Waals surface area contributed by atoms with E-state index in [0.29, 0.717) is 6.54 Å². The molecule has 78 valence electrons. The van der Waals surface area contributed by atoms with E-state index in [9.17, 15) is 4.79 Å². The molecule has 15 heavy (non-hydrogen) atoms. The van der Waals surface area contributed by atoms with E-state index in [1.54, 1.807) is 23.3 Å². The molecule has 0 atom stereocenters. The van der Waals surface area contributed by atoms with Crippen molar-refractivity contribution in [1.29, 1.82) is 0 Å². The maximum atomic E-state index is 11.3. The second kappa shape index (κ2) is 4.31. The summed E-state index contributed by atoms with van der Waals surface area (Å²) >= 11 is 1.21. The van der Waals surface area contributed by atoms with Crippen LogP contribution in [-0.2, 0) is 6.54 Å². The zero-order valence-corrected chi connectivity index (χ0v) is 9.16. The second-order valence-corrected chi connectivity index (χ2v) is 4.01. The molecule has 0 bridgehead atoms. The second-order valence-electron chi connectivity index (χ2n) is 3.15. The van der Waals surface area contributed by atoms with Gasteiger partial charge < -0.3 is 9.30 Å². The molecule has 0 N–H and O–H groups in total. The van der Waals surface area contributed by atoms with Gasteiger partial charge in [-0.15, -0.1) is 0 Å². The predicted octanol–water partition coefficient (Wildman–Crippen LogP) is 1.97. The molecule has 1 aromatic carbocycles. The van der Waals surface area contributed by atoms with Gasteiger partial charge in [-0.05, 0) is 17.7 Å². The first kappa shape index (κ1) is 9.98. The van der Waals surface area contributed by atoms with Crippen molar-refractivity contribution >= 4 is 11.3 Å². The third kappa shape index (κ3) is 2.27. The van der Waals surface area contributed by atoms with Gasteiger partial charge in [0.15, 0.2) is 0 Å². The molecule has 0 amide bonds. The average molecular weight is 221 g/mol. The maximum absolute atomic E-state index is 11.3. The van der Waals surface area contributed by atoms with Gasteiger partial charge in [-0.2, -0.15) is 0 Å². The molecule has 0 aliphatic heterocycles. The Labute approximate surface area is 91.6 Å². The van der Waals surface area contributed by atoms with Crippen LogP contribution in [0.3, 0.4) is 0 Å². The summed E-state index contributed by atoms with van der Waals surface area (Å²) in [7, 11) is 1.63. The predicted molar refractivity (Wildman–Crippen MR) is 60.7 cm³/mol. The lowest BCUT2D eigenvalue weighted by Crippen LogP contribution is -2.12. The standard InChI is InChI=1S/C11H11NO2S/c1-14-10-4-2-3-9(7-10)8-12-5-6-15-11(12)13/h2-7H,8H2,1H3. The molecule has 0 fully saturated rings. The van der Waals surface area contributed by atoms with E-state index >= 15 is 0 Å². The highest BCUT2D eigenvalue weighted by Crippen LogP contribution is 2.13. The van der Waals surface area contributed by atoms with Gasteiger partial charge in [0, 0.05) is 11.6 Å². The molecule has 1 aromatic heterocycles. The van der Waals surface area contributed by atoms with Crippen LogP contribution in [0.15, 0.2) is 40.6 Å². The molecule has 1 heterocycles. The van der Waals surface area contributed by atoms with Crippen molar-refractivity contribution < 1.29 is 4.74 Å². The smallest absolute Gasteiger partial charge is 0.307 e. The number of hydrogen-bond acceptors (Lipinski definition) is 3. The van der Waals surface area contributed by atoms with Crippen LogP contribution in [0, 0.1) is 0 Å². The lowest BCUT2D eigenvalue weighted by Gasteiger charge is -2.04. The summed E-state index contributed by atoms with van der Waals surface area (Å²) in [6.45, 7) is 0.597. The monoisotopic (exact) mass is 221 g/mol. The molecule has 2 aromatic rings. The summed E-state index contributed by atoms with van der Waals surface area (Å²) < 4.78 is 6.80. The average Bonchev–Trinajstić information content (AvgIpc) is 2.65. The molecule has 0 spiro atoms. The fourth-order valence-electron chi connectivity index (χ4n) is 1.38. The van der Waals surface area contributed by atoms with Crippen LogP contribution >= 0.6 is 11.3 Å². The van der Waals surface area contributed by atoms with Crippen LogP contribution < -0.4 is 9.61 Å². The van der Waals surface area contributed by atoms with Gasteiger partial charge >= 0.3 is 4.87 Å². The van der Waals surface area contributed by atoms with Crippen LogP contribution in [-0.4, -0.2) is 11.7 Å². The Morgan fingerprint density at radius 3 is 3.00 bits per heavy atom. The van der Waals surface area contributed by atoms with E-state index in [1.165, 1.54) is 11.3 Å². The van der Waals surface area contributed by atoms with Crippen molar-refractivity contribution in [3.05, 3.63) is 51.1 Å². The van der Waals surface area contributed by atoms with Gasteiger partial charge in [0.2, 0.25) is 0 Å². The highest BCUT2D eigenvalue weighted by atomic mass is 32.1. The van der Waals surface area contributed by atoms with E-state index in [2.05, 4.69) is 0 Å². The van der Waals surface area contributed by atoms with Crippen molar-refractivity contribution in [2.24, 2.45) is 0 Å². The number of ether oxygens (including phenoxy) is 1. The minimum atomic E-state index is 0.0674. The highest BCUT2D eigenvalue weighted by molar-refractivity contribution is 7.07. The van der Waals surface area contributed by atoms with Gasteiger partial charge in [-0.1, -0.05) is 23.5 Å². The first-order valence-corrected chi connectivity index (χ1v) is 5.44. The van der Waals surface area contributed by atoms with E-state index in [4.69, 9.17) is 4.74 Å². The Balaban J connectivity index is 2.24. The van der Waals surface area contributed by atoms with Gasteiger partial charge in [-0.25, -0.2) is 0 Å². The van der Waals surface area contributed by atoms with E-state index in [-0.39, 0.29) is 4.87 Å². The Morgan fingerprint density at radius 2 is 2.33 bits per heavy atom. The molecule has 0 saturated carbocycles. The Morgan fingerprint density at radius 1 is 1.47 bits per heavy atom. The number of rotatable bonds is 3. The fraction of sp³-hybridized carbons (Fsp3) is 0.182. The summed E-state index contributed by atoms with van der Waals surface area (Å²) in [5.74, 6) is 0.816. The van der Waals surface area contributed by atoms with Gasteiger partial charge in [0.1, 0.15) is 5.75 Å². The molecular formula is C11H11NO2S. The number of thiazole rings is 1. The van der Waals surface area contributed by atoms with Crippen LogP contribution in [0.2, 0.25) is 0 Å². The van der Waals surface area contributed by atoms with Gasteiger partial charge in [0.05, 0.1) is 13.7 Å². The Kier molecular flexibility index (Phi) is 2.87. The fourth-order valence-corrected chi connectivity index (χ4v) is 1.96. The number of benzene rings is 1. The van der Waals surface area contributed by atoms with E-state index < -0.39 is 0 Å². The molecule has 0 aliphatic carbocycles. The minimum absolute atomic E-state index is 0.0674. The van der Waals surface area contributed by atoms with Crippen LogP contribution in [0.25, 0.3) is 0 Å². The largest absolute Gasteiger partial charge is 0.497 e. The van der Waals surface area contributed by atoms with Crippen molar-refractivity contribution in [3.8, 4) is 5.75 Å². The lowest BCUT2D eigenvalue weighted by molar-refractivity contribution is 0.414. The van der Waals surface area contributed by atoms with Crippen molar-refractivity contribution in [2.45, 2.75) is 6.54 Å². The molecule has 2 rings (SSSR count). The van der Waals surface area contributed by atoms with Crippen LogP contribution in [0.1, 0.15) is 5.56 Å². The SMILES string of the molecule is COc1cccc(Cn2ccsc2=O)c1. The van der Waals surface area contributed by atoms with Crippen LogP contribution in [0.5, 0.6) is 5.75 Å². The van der Waals surface area contributed by atoms with Crippen molar-refractivity contribution in [3.63, 3.8) is 0 Å². The summed E-state index contributed by atoms with van der Waals surface area (Å²) in [6, 6.07) is 7.72. The zero-order valence-electron chi connectivity index (χ0n) is 8.34. The Bertz CT molecular complexity index is 501. The van der Waals surface area contributed by atoms with Crippen molar-refractivity contribution in [1.82, 2.24) is 4.57 Å². The molecule has 0 aliphatic rings. The number of methoxy groups -OCH3 is 1. The lowest BCUT2D eigenvalue weighted by atomic mass is 10.2. The number of aromatic nitrogens is 1. The van der Waals surface area contributed by atoms with Gasteiger partial charge in [-0.3, -0.25) is 4.79 Å². The summed E-state index contributed by atoms with van der Waals surface area (Å²) in [5, 5.41) is 1.79. The number of hydrogen-bond donors (Lipinski definition) is 0. The maximum Gasteiger partial charge on any atom is 0.307 e. The first-order valence-electron chi connectivity index (χ1n) is 4.56. The Hall–Kier alpha value is -1.55. The summed E-state index contributed by atoms with van der Waals surface area (Å²) in [5.41, 5.74) is 1.06. The molecule has 0 saturated heterocycles. The van der Waals surface area contributed by atoms with Crippen LogP contribution in [0.4, 0.5) is 0 Å².